The Kier molecular flexibility index (Phi) is 5.39. The van der Waals surface area contributed by atoms with Crippen LogP contribution in [0.3, 0.4) is 0 Å². The van der Waals surface area contributed by atoms with Crippen molar-refractivity contribution >= 4 is 5.96 Å². The van der Waals surface area contributed by atoms with E-state index in [2.05, 4.69) is 20.1 Å². The van der Waals surface area contributed by atoms with Gasteiger partial charge in [0.1, 0.15) is 0 Å². The van der Waals surface area contributed by atoms with Gasteiger partial charge in [0.2, 0.25) is 0 Å². The van der Waals surface area contributed by atoms with Crippen molar-refractivity contribution in [2.24, 2.45) is 16.8 Å². The van der Waals surface area contributed by atoms with Crippen LogP contribution in [0.2, 0.25) is 0 Å². The summed E-state index contributed by atoms with van der Waals surface area (Å²) in [6.45, 7) is 7.24. The van der Waals surface area contributed by atoms with Crippen molar-refractivity contribution in [3.05, 3.63) is 0 Å². The van der Waals surface area contributed by atoms with Crippen molar-refractivity contribution in [1.29, 1.82) is 0 Å². The molecule has 2 heterocycles. The normalized spacial score (nSPS) is 31.3. The fourth-order valence-corrected chi connectivity index (χ4v) is 4.42. The molecule has 0 aromatic rings. The van der Waals surface area contributed by atoms with E-state index in [0.717, 1.165) is 24.3 Å². The second kappa shape index (κ2) is 7.48. The monoisotopic (exact) mass is 292 g/mol. The Morgan fingerprint density at radius 2 is 1.67 bits per heavy atom. The van der Waals surface area contributed by atoms with Crippen LogP contribution in [0, 0.1) is 11.8 Å². The van der Waals surface area contributed by atoms with Crippen LogP contribution < -0.4 is 5.32 Å². The van der Waals surface area contributed by atoms with Crippen LogP contribution in [0.1, 0.15) is 44.9 Å². The summed E-state index contributed by atoms with van der Waals surface area (Å²) in [4.78, 5) is 9.63. The number of rotatable bonds is 3. The van der Waals surface area contributed by atoms with E-state index in [1.54, 1.807) is 0 Å². The minimum atomic E-state index is 0.930. The number of hydrogen-bond donors (Lipinski definition) is 1. The highest BCUT2D eigenvalue weighted by atomic mass is 15.3. The van der Waals surface area contributed by atoms with Gasteiger partial charge >= 0.3 is 0 Å². The summed E-state index contributed by atoms with van der Waals surface area (Å²) >= 11 is 0. The smallest absolute Gasteiger partial charge is 0.193 e. The highest BCUT2D eigenvalue weighted by Gasteiger charge is 2.35. The Hall–Kier alpha value is -0.770. The van der Waals surface area contributed by atoms with E-state index >= 15 is 0 Å². The van der Waals surface area contributed by atoms with Crippen LogP contribution in [0.5, 0.6) is 0 Å². The third-order valence-corrected chi connectivity index (χ3v) is 5.65. The summed E-state index contributed by atoms with van der Waals surface area (Å²) < 4.78 is 0. The number of fused-ring (bicyclic) bond motifs is 1. The molecule has 4 heteroatoms. The fourth-order valence-electron chi connectivity index (χ4n) is 4.42. The zero-order chi connectivity index (χ0) is 14.5. The van der Waals surface area contributed by atoms with Gasteiger partial charge in [-0.25, -0.2) is 0 Å². The Balaban J connectivity index is 1.42. The van der Waals surface area contributed by atoms with Crippen molar-refractivity contribution in [3.63, 3.8) is 0 Å². The van der Waals surface area contributed by atoms with E-state index in [1.807, 2.05) is 7.05 Å². The van der Waals surface area contributed by atoms with Crippen molar-refractivity contribution < 1.29 is 0 Å². The standard InChI is InChI=1S/C17H32N4/c1-18-17(19-9-12-20-10-5-2-6-11-20)21-13-15-7-3-4-8-16(15)14-21/h15-16H,2-14H2,1H3,(H,18,19). The molecular formula is C17H32N4. The van der Waals surface area contributed by atoms with Crippen LogP contribution in [0.4, 0.5) is 0 Å². The van der Waals surface area contributed by atoms with Gasteiger partial charge in [-0.3, -0.25) is 4.99 Å². The van der Waals surface area contributed by atoms with E-state index in [-0.39, 0.29) is 0 Å². The molecule has 0 radical (unpaired) electrons. The zero-order valence-electron chi connectivity index (χ0n) is 13.7. The van der Waals surface area contributed by atoms with Crippen LogP contribution in [-0.4, -0.2) is 62.1 Å². The van der Waals surface area contributed by atoms with Gasteiger partial charge in [-0.2, -0.15) is 0 Å². The number of piperidine rings is 1. The van der Waals surface area contributed by atoms with Gasteiger partial charge in [0.05, 0.1) is 0 Å². The summed E-state index contributed by atoms with van der Waals surface area (Å²) in [6, 6.07) is 0. The average Bonchev–Trinajstić information content (AvgIpc) is 2.96. The number of aliphatic imine (C=N–C) groups is 1. The van der Waals surface area contributed by atoms with Crippen LogP contribution >= 0.6 is 0 Å². The van der Waals surface area contributed by atoms with Gasteiger partial charge in [0.15, 0.2) is 5.96 Å². The quantitative estimate of drug-likeness (QED) is 0.639. The van der Waals surface area contributed by atoms with Crippen LogP contribution in [0.25, 0.3) is 0 Å². The molecule has 0 amide bonds. The second-order valence-electron chi connectivity index (χ2n) is 7.09. The molecule has 1 aliphatic carbocycles. The molecule has 2 saturated heterocycles. The molecule has 3 rings (SSSR count). The van der Waals surface area contributed by atoms with Crippen molar-refractivity contribution in [2.45, 2.75) is 44.9 Å². The molecule has 1 N–H and O–H groups in total. The maximum Gasteiger partial charge on any atom is 0.193 e. The van der Waals surface area contributed by atoms with Gasteiger partial charge in [0, 0.05) is 33.2 Å². The van der Waals surface area contributed by atoms with Gasteiger partial charge in [-0.15, -0.1) is 0 Å². The summed E-state index contributed by atoms with van der Waals surface area (Å²) in [5, 5.41) is 3.60. The van der Waals surface area contributed by atoms with Crippen molar-refractivity contribution in [2.75, 3.05) is 46.3 Å². The first kappa shape index (κ1) is 15.1. The second-order valence-corrected chi connectivity index (χ2v) is 7.09. The SMILES string of the molecule is CN=C(NCCN1CCCCC1)N1CC2CCCCC2C1. The Labute approximate surface area is 130 Å². The molecule has 2 atom stereocenters. The third-order valence-electron chi connectivity index (χ3n) is 5.65. The molecule has 0 bridgehead atoms. The largest absolute Gasteiger partial charge is 0.355 e. The lowest BCUT2D eigenvalue weighted by atomic mass is 9.82. The van der Waals surface area contributed by atoms with Gasteiger partial charge in [-0.05, 0) is 50.6 Å². The number of guanidine groups is 1. The predicted molar refractivity (Wildman–Crippen MR) is 88.7 cm³/mol. The molecule has 3 fully saturated rings. The highest BCUT2D eigenvalue weighted by Crippen LogP contribution is 2.35. The zero-order valence-corrected chi connectivity index (χ0v) is 13.7. The van der Waals surface area contributed by atoms with Gasteiger partial charge in [-0.1, -0.05) is 19.3 Å². The topological polar surface area (TPSA) is 30.9 Å². The first-order valence-corrected chi connectivity index (χ1v) is 9.05. The molecule has 1 saturated carbocycles. The maximum atomic E-state index is 4.52. The summed E-state index contributed by atoms with van der Waals surface area (Å²) in [5.74, 6) is 3.00. The van der Waals surface area contributed by atoms with Crippen molar-refractivity contribution in [1.82, 2.24) is 15.1 Å². The molecule has 0 aromatic carbocycles. The Morgan fingerprint density at radius 1 is 1.00 bits per heavy atom. The Bertz CT molecular complexity index is 335. The number of nitrogens with zero attached hydrogens (tertiary/aromatic N) is 3. The first-order chi connectivity index (χ1) is 10.4. The van der Waals surface area contributed by atoms with E-state index in [9.17, 15) is 0 Å². The molecule has 3 aliphatic rings. The molecular weight excluding hydrogens is 260 g/mol. The van der Waals surface area contributed by atoms with E-state index in [1.165, 1.54) is 77.7 Å². The lowest BCUT2D eigenvalue weighted by molar-refractivity contribution is 0.231. The molecule has 0 spiro atoms. The first-order valence-electron chi connectivity index (χ1n) is 9.05. The molecule has 4 nitrogen and oxygen atoms in total. The summed E-state index contributed by atoms with van der Waals surface area (Å²) in [7, 11) is 1.94. The van der Waals surface area contributed by atoms with Crippen LogP contribution in [0.15, 0.2) is 4.99 Å². The molecule has 0 aromatic heterocycles. The highest BCUT2D eigenvalue weighted by molar-refractivity contribution is 5.80. The minimum absolute atomic E-state index is 0.930. The summed E-state index contributed by atoms with van der Waals surface area (Å²) in [5.41, 5.74) is 0. The van der Waals surface area contributed by atoms with Crippen LogP contribution in [-0.2, 0) is 0 Å². The molecule has 2 unspecified atom stereocenters. The fraction of sp³-hybridized carbons (Fsp3) is 0.941. The summed E-state index contributed by atoms with van der Waals surface area (Å²) in [6.07, 6.45) is 9.93. The van der Waals surface area contributed by atoms with E-state index < -0.39 is 0 Å². The molecule has 21 heavy (non-hydrogen) atoms. The van der Waals surface area contributed by atoms with E-state index in [4.69, 9.17) is 0 Å². The number of hydrogen-bond acceptors (Lipinski definition) is 2. The molecule has 2 aliphatic heterocycles. The average molecular weight is 292 g/mol. The van der Waals surface area contributed by atoms with E-state index in [0.29, 0.717) is 0 Å². The minimum Gasteiger partial charge on any atom is -0.355 e. The molecule has 120 valence electrons. The lowest BCUT2D eigenvalue weighted by Gasteiger charge is -2.28. The maximum absolute atomic E-state index is 4.52. The van der Waals surface area contributed by atoms with Crippen molar-refractivity contribution in [3.8, 4) is 0 Å². The third kappa shape index (κ3) is 3.91. The Morgan fingerprint density at radius 3 is 2.29 bits per heavy atom. The number of likely N-dealkylation sites (tertiary alicyclic amines) is 2. The predicted octanol–water partition coefficient (Wildman–Crippen LogP) is 2.17. The number of nitrogens with one attached hydrogen (secondary N) is 1. The van der Waals surface area contributed by atoms with Gasteiger partial charge < -0.3 is 15.1 Å². The lowest BCUT2D eigenvalue weighted by Crippen LogP contribution is -2.44. The van der Waals surface area contributed by atoms with Gasteiger partial charge in [0.25, 0.3) is 0 Å².